The van der Waals surface area contributed by atoms with Gasteiger partial charge in [-0.25, -0.2) is 12.8 Å². The number of guanidine groups is 1. The molecule has 0 heterocycles. The molecule has 0 radical (unpaired) electrons. The smallest absolute Gasteiger partial charge is 0.191 e. The van der Waals surface area contributed by atoms with Crippen molar-refractivity contribution in [2.75, 3.05) is 25.4 Å². The highest BCUT2D eigenvalue weighted by Gasteiger charge is 2.45. The van der Waals surface area contributed by atoms with Gasteiger partial charge in [-0.1, -0.05) is 36.4 Å². The van der Waals surface area contributed by atoms with Crippen LogP contribution in [0.25, 0.3) is 0 Å². The Kier molecular flexibility index (Phi) is 6.34. The Bertz CT molecular complexity index is 926. The van der Waals surface area contributed by atoms with Crippen molar-refractivity contribution in [2.24, 2.45) is 4.99 Å². The van der Waals surface area contributed by atoms with Gasteiger partial charge in [-0.2, -0.15) is 0 Å². The third kappa shape index (κ3) is 4.90. The van der Waals surface area contributed by atoms with E-state index in [1.165, 1.54) is 6.07 Å². The van der Waals surface area contributed by atoms with Crippen LogP contribution in [-0.4, -0.2) is 39.8 Å². The highest BCUT2D eigenvalue weighted by Crippen LogP contribution is 2.49. The molecular weight excluding hydrogens is 377 g/mol. The zero-order chi connectivity index (χ0) is 20.0. The minimum atomic E-state index is -3.35. The lowest BCUT2D eigenvalue weighted by Crippen LogP contribution is -2.40. The van der Waals surface area contributed by atoms with Crippen LogP contribution in [0.4, 0.5) is 4.39 Å². The fourth-order valence-corrected chi connectivity index (χ4v) is 4.35. The third-order valence-corrected chi connectivity index (χ3v) is 6.68. The molecule has 0 amide bonds. The molecule has 28 heavy (non-hydrogen) atoms. The Hall–Kier alpha value is -2.41. The van der Waals surface area contributed by atoms with Gasteiger partial charge in [-0.15, -0.1) is 0 Å². The average molecular weight is 404 g/mol. The van der Waals surface area contributed by atoms with E-state index in [-0.39, 0.29) is 23.5 Å². The van der Waals surface area contributed by atoms with Crippen LogP contribution in [0.15, 0.2) is 64.5 Å². The molecule has 7 heteroatoms. The van der Waals surface area contributed by atoms with Crippen molar-refractivity contribution in [1.82, 2.24) is 10.6 Å². The summed E-state index contributed by atoms with van der Waals surface area (Å²) in [5, 5.41) is 6.20. The first kappa shape index (κ1) is 20.3. The zero-order valence-electron chi connectivity index (χ0n) is 16.0. The Morgan fingerprint density at radius 3 is 2.39 bits per heavy atom. The van der Waals surface area contributed by atoms with Crippen LogP contribution in [0.3, 0.4) is 0 Å². The predicted molar refractivity (Wildman–Crippen MR) is 110 cm³/mol. The van der Waals surface area contributed by atoms with Gasteiger partial charge in [-0.3, -0.25) is 4.99 Å². The standard InChI is InChI=1S/C21H26FN3O2S/c1-2-23-20(24-14-15-28(26,27)17-8-4-3-5-9-17)25-16-21(12-13-21)18-10-6-7-11-19(18)22/h3-11H,2,12-16H2,1H3,(H2,23,24,25). The molecule has 0 spiro atoms. The monoisotopic (exact) mass is 403 g/mol. The normalized spacial score (nSPS) is 15.9. The maximum absolute atomic E-state index is 14.1. The van der Waals surface area contributed by atoms with Crippen molar-refractivity contribution in [3.05, 3.63) is 66.0 Å². The van der Waals surface area contributed by atoms with Gasteiger partial charge in [0.05, 0.1) is 17.2 Å². The Labute approximate surface area is 166 Å². The number of rotatable bonds is 8. The molecule has 0 aromatic heterocycles. The topological polar surface area (TPSA) is 70.6 Å². The van der Waals surface area contributed by atoms with Gasteiger partial charge in [0.15, 0.2) is 15.8 Å². The van der Waals surface area contributed by atoms with Gasteiger partial charge < -0.3 is 10.6 Å². The molecule has 0 bridgehead atoms. The van der Waals surface area contributed by atoms with Crippen LogP contribution >= 0.6 is 0 Å². The number of benzene rings is 2. The number of halogens is 1. The van der Waals surface area contributed by atoms with E-state index in [0.29, 0.717) is 29.5 Å². The fourth-order valence-electron chi connectivity index (χ4n) is 3.18. The Morgan fingerprint density at radius 1 is 1.07 bits per heavy atom. The molecule has 2 aromatic carbocycles. The van der Waals surface area contributed by atoms with Crippen LogP contribution in [0.2, 0.25) is 0 Å². The number of nitrogens with one attached hydrogen (secondary N) is 2. The molecule has 150 valence electrons. The van der Waals surface area contributed by atoms with Crippen molar-refractivity contribution in [3.63, 3.8) is 0 Å². The molecule has 0 saturated heterocycles. The van der Waals surface area contributed by atoms with Crippen LogP contribution in [0.5, 0.6) is 0 Å². The van der Waals surface area contributed by atoms with E-state index in [9.17, 15) is 12.8 Å². The highest BCUT2D eigenvalue weighted by molar-refractivity contribution is 7.91. The van der Waals surface area contributed by atoms with Crippen molar-refractivity contribution < 1.29 is 12.8 Å². The maximum Gasteiger partial charge on any atom is 0.191 e. The van der Waals surface area contributed by atoms with Crippen LogP contribution in [-0.2, 0) is 15.3 Å². The Balaban J connectivity index is 1.62. The van der Waals surface area contributed by atoms with Crippen LogP contribution in [0, 0.1) is 5.82 Å². The third-order valence-electron chi connectivity index (χ3n) is 4.95. The lowest BCUT2D eigenvalue weighted by molar-refractivity contribution is 0.572. The Morgan fingerprint density at radius 2 is 1.75 bits per heavy atom. The van der Waals surface area contributed by atoms with Gasteiger partial charge in [0.2, 0.25) is 0 Å². The second-order valence-electron chi connectivity index (χ2n) is 7.01. The van der Waals surface area contributed by atoms with Gasteiger partial charge in [0.25, 0.3) is 0 Å². The van der Waals surface area contributed by atoms with Gasteiger partial charge in [0.1, 0.15) is 5.82 Å². The van der Waals surface area contributed by atoms with E-state index in [0.717, 1.165) is 12.8 Å². The molecule has 1 aliphatic carbocycles. The minimum Gasteiger partial charge on any atom is -0.357 e. The zero-order valence-corrected chi connectivity index (χ0v) is 16.8. The summed E-state index contributed by atoms with van der Waals surface area (Å²) in [5.74, 6) is 0.329. The molecule has 0 unspecified atom stereocenters. The largest absolute Gasteiger partial charge is 0.357 e. The average Bonchev–Trinajstić information content (AvgIpc) is 3.48. The van der Waals surface area contributed by atoms with E-state index in [1.807, 2.05) is 19.1 Å². The van der Waals surface area contributed by atoms with Crippen molar-refractivity contribution in [3.8, 4) is 0 Å². The highest BCUT2D eigenvalue weighted by atomic mass is 32.2. The molecule has 1 saturated carbocycles. The van der Waals surface area contributed by atoms with E-state index < -0.39 is 9.84 Å². The molecule has 5 nitrogen and oxygen atoms in total. The molecule has 2 N–H and O–H groups in total. The van der Waals surface area contributed by atoms with Crippen molar-refractivity contribution in [1.29, 1.82) is 0 Å². The number of aliphatic imine (C=N–C) groups is 1. The second-order valence-corrected chi connectivity index (χ2v) is 9.12. The molecule has 0 aliphatic heterocycles. The van der Waals surface area contributed by atoms with E-state index in [4.69, 9.17) is 0 Å². The summed E-state index contributed by atoms with van der Waals surface area (Å²) in [6, 6.07) is 15.3. The molecule has 1 aliphatic rings. The van der Waals surface area contributed by atoms with E-state index in [1.54, 1.807) is 36.4 Å². The minimum absolute atomic E-state index is 0.0279. The summed E-state index contributed by atoms with van der Waals surface area (Å²) in [6.45, 7) is 3.32. The van der Waals surface area contributed by atoms with Gasteiger partial charge in [-0.05, 0) is 43.5 Å². The van der Waals surface area contributed by atoms with Gasteiger partial charge >= 0.3 is 0 Å². The van der Waals surface area contributed by atoms with Crippen LogP contribution in [0.1, 0.15) is 25.3 Å². The fraction of sp³-hybridized carbons (Fsp3) is 0.381. The van der Waals surface area contributed by atoms with E-state index >= 15 is 0 Å². The first-order valence-electron chi connectivity index (χ1n) is 9.52. The van der Waals surface area contributed by atoms with E-state index in [2.05, 4.69) is 15.6 Å². The first-order valence-corrected chi connectivity index (χ1v) is 11.2. The summed E-state index contributed by atoms with van der Waals surface area (Å²) in [5.41, 5.74) is 0.463. The summed E-state index contributed by atoms with van der Waals surface area (Å²) < 4.78 is 38.9. The molecule has 3 rings (SSSR count). The molecule has 0 atom stereocenters. The summed E-state index contributed by atoms with van der Waals surface area (Å²) >= 11 is 0. The predicted octanol–water partition coefficient (Wildman–Crippen LogP) is 2.89. The molecule has 2 aromatic rings. The SMILES string of the molecule is CCNC(=NCC1(c2ccccc2F)CC1)NCCS(=O)(=O)c1ccccc1. The first-order chi connectivity index (χ1) is 13.5. The summed E-state index contributed by atoms with van der Waals surface area (Å²) in [6.07, 6.45) is 1.80. The van der Waals surface area contributed by atoms with Crippen molar-refractivity contribution >= 4 is 15.8 Å². The van der Waals surface area contributed by atoms with Crippen LogP contribution < -0.4 is 10.6 Å². The number of nitrogens with zero attached hydrogens (tertiary/aromatic N) is 1. The summed E-state index contributed by atoms with van der Waals surface area (Å²) in [7, 11) is -3.35. The number of sulfone groups is 1. The molecular formula is C21H26FN3O2S. The number of hydrogen-bond donors (Lipinski definition) is 2. The van der Waals surface area contributed by atoms with Gasteiger partial charge in [0, 0.05) is 18.5 Å². The number of hydrogen-bond acceptors (Lipinski definition) is 3. The summed E-state index contributed by atoms with van der Waals surface area (Å²) in [4.78, 5) is 4.91. The van der Waals surface area contributed by atoms with Crippen molar-refractivity contribution in [2.45, 2.75) is 30.1 Å². The lowest BCUT2D eigenvalue weighted by Gasteiger charge is -2.16. The maximum atomic E-state index is 14.1. The second kappa shape index (κ2) is 8.73. The quantitative estimate of drug-likeness (QED) is 0.525. The molecule has 1 fully saturated rings. The lowest BCUT2D eigenvalue weighted by atomic mass is 9.95.